The molecule has 1 fully saturated rings. The van der Waals surface area contributed by atoms with Crippen LogP contribution in [0.3, 0.4) is 0 Å². The Labute approximate surface area is 129 Å². The zero-order valence-electron chi connectivity index (χ0n) is 14.0. The number of rotatable bonds is 6. The molecule has 2 rings (SSSR count). The number of nitrogens with zero attached hydrogens (tertiary/aromatic N) is 1. The minimum Gasteiger partial charge on any atom is -0.496 e. The monoisotopic (exact) mass is 290 g/mol. The van der Waals surface area contributed by atoms with Gasteiger partial charge in [-0.1, -0.05) is 31.9 Å². The smallest absolute Gasteiger partial charge is 0.123 e. The molecular weight excluding hydrogens is 260 g/mol. The van der Waals surface area contributed by atoms with Crippen LogP contribution in [0.1, 0.15) is 43.7 Å². The van der Waals surface area contributed by atoms with E-state index >= 15 is 0 Å². The second kappa shape index (κ2) is 7.81. The number of nitrogens with one attached hydrogen (secondary N) is 1. The zero-order chi connectivity index (χ0) is 15.2. The largest absolute Gasteiger partial charge is 0.496 e. The summed E-state index contributed by atoms with van der Waals surface area (Å²) in [6, 6.07) is 7.24. The first kappa shape index (κ1) is 16.3. The van der Waals surface area contributed by atoms with Crippen LogP contribution < -0.4 is 10.1 Å². The molecule has 2 unspecified atom stereocenters. The van der Waals surface area contributed by atoms with E-state index in [9.17, 15) is 0 Å². The summed E-state index contributed by atoms with van der Waals surface area (Å²) >= 11 is 0. The molecule has 1 N–H and O–H groups in total. The highest BCUT2D eigenvalue weighted by molar-refractivity contribution is 5.37. The number of ether oxygens (including phenoxy) is 1. The van der Waals surface area contributed by atoms with Gasteiger partial charge in [0.15, 0.2) is 0 Å². The van der Waals surface area contributed by atoms with Gasteiger partial charge in [0, 0.05) is 24.7 Å². The number of hydrogen-bond donors (Lipinski definition) is 1. The number of hydrogen-bond acceptors (Lipinski definition) is 3. The summed E-state index contributed by atoms with van der Waals surface area (Å²) in [6.07, 6.45) is 5.42. The zero-order valence-corrected chi connectivity index (χ0v) is 14.0. The summed E-state index contributed by atoms with van der Waals surface area (Å²) in [5.74, 6) is 1.79. The SMILES string of the molecule is COc1cc(CN(C)C)ccc1CNC1CCCCC1C. The van der Waals surface area contributed by atoms with E-state index in [1.807, 2.05) is 0 Å². The third-order valence-corrected chi connectivity index (χ3v) is 4.52. The van der Waals surface area contributed by atoms with Crippen molar-refractivity contribution in [3.63, 3.8) is 0 Å². The van der Waals surface area contributed by atoms with E-state index in [-0.39, 0.29) is 0 Å². The van der Waals surface area contributed by atoms with Crippen molar-refractivity contribution in [3.8, 4) is 5.75 Å². The highest BCUT2D eigenvalue weighted by Gasteiger charge is 2.20. The Morgan fingerprint density at radius 1 is 1.24 bits per heavy atom. The van der Waals surface area contributed by atoms with Gasteiger partial charge in [0.1, 0.15) is 5.75 Å². The van der Waals surface area contributed by atoms with Crippen LogP contribution in [0.5, 0.6) is 5.75 Å². The molecule has 1 saturated carbocycles. The highest BCUT2D eigenvalue weighted by atomic mass is 16.5. The normalized spacial score (nSPS) is 22.5. The molecule has 0 heterocycles. The Bertz CT molecular complexity index is 445. The van der Waals surface area contributed by atoms with Crippen molar-refractivity contribution in [1.82, 2.24) is 10.2 Å². The van der Waals surface area contributed by atoms with Crippen LogP contribution in [0.2, 0.25) is 0 Å². The molecule has 1 aliphatic rings. The average molecular weight is 290 g/mol. The Morgan fingerprint density at radius 3 is 2.67 bits per heavy atom. The lowest BCUT2D eigenvalue weighted by Crippen LogP contribution is -2.36. The van der Waals surface area contributed by atoms with Crippen molar-refractivity contribution in [3.05, 3.63) is 29.3 Å². The average Bonchev–Trinajstić information content (AvgIpc) is 2.46. The number of benzene rings is 1. The van der Waals surface area contributed by atoms with Crippen molar-refractivity contribution in [2.24, 2.45) is 5.92 Å². The molecule has 0 saturated heterocycles. The lowest BCUT2D eigenvalue weighted by atomic mass is 9.86. The quantitative estimate of drug-likeness (QED) is 0.869. The van der Waals surface area contributed by atoms with Gasteiger partial charge in [-0.3, -0.25) is 0 Å². The predicted octanol–water partition coefficient (Wildman–Crippen LogP) is 3.43. The molecular formula is C18H30N2O. The molecule has 1 aromatic carbocycles. The number of methoxy groups -OCH3 is 1. The van der Waals surface area contributed by atoms with Crippen LogP contribution in [-0.2, 0) is 13.1 Å². The molecule has 0 aromatic heterocycles. The van der Waals surface area contributed by atoms with E-state index < -0.39 is 0 Å². The fourth-order valence-corrected chi connectivity index (χ4v) is 3.26. The molecule has 0 radical (unpaired) electrons. The Hall–Kier alpha value is -1.06. The molecule has 0 bridgehead atoms. The first-order chi connectivity index (χ1) is 10.1. The van der Waals surface area contributed by atoms with Crippen molar-refractivity contribution in [2.75, 3.05) is 21.2 Å². The maximum absolute atomic E-state index is 5.58. The maximum atomic E-state index is 5.58. The second-order valence-electron chi connectivity index (χ2n) is 6.63. The van der Waals surface area contributed by atoms with Crippen molar-refractivity contribution in [1.29, 1.82) is 0 Å². The van der Waals surface area contributed by atoms with E-state index in [2.05, 4.69) is 49.4 Å². The lowest BCUT2D eigenvalue weighted by molar-refractivity contribution is 0.278. The first-order valence-electron chi connectivity index (χ1n) is 8.14. The van der Waals surface area contributed by atoms with Gasteiger partial charge < -0.3 is 15.0 Å². The molecule has 21 heavy (non-hydrogen) atoms. The topological polar surface area (TPSA) is 24.5 Å². The summed E-state index contributed by atoms with van der Waals surface area (Å²) in [7, 11) is 5.94. The Kier molecular flexibility index (Phi) is 6.07. The van der Waals surface area contributed by atoms with E-state index in [0.29, 0.717) is 6.04 Å². The summed E-state index contributed by atoms with van der Waals surface area (Å²) in [4.78, 5) is 2.18. The molecule has 3 heteroatoms. The van der Waals surface area contributed by atoms with Crippen LogP contribution >= 0.6 is 0 Å². The molecule has 0 aliphatic heterocycles. The standard InChI is InChI=1S/C18H30N2O/c1-14-7-5-6-8-17(14)19-12-16-10-9-15(13-20(2)3)11-18(16)21-4/h9-11,14,17,19H,5-8,12-13H2,1-4H3. The van der Waals surface area contributed by atoms with Gasteiger partial charge in [0.25, 0.3) is 0 Å². The third kappa shape index (κ3) is 4.72. The fourth-order valence-electron chi connectivity index (χ4n) is 3.26. The van der Waals surface area contributed by atoms with Crippen molar-refractivity contribution in [2.45, 2.75) is 51.7 Å². The summed E-state index contributed by atoms with van der Waals surface area (Å²) in [5, 5.41) is 3.73. The highest BCUT2D eigenvalue weighted by Crippen LogP contribution is 2.25. The van der Waals surface area contributed by atoms with Crippen LogP contribution in [-0.4, -0.2) is 32.1 Å². The van der Waals surface area contributed by atoms with Gasteiger partial charge in [-0.05, 0) is 44.5 Å². The van der Waals surface area contributed by atoms with E-state index in [4.69, 9.17) is 4.74 Å². The summed E-state index contributed by atoms with van der Waals surface area (Å²) < 4.78 is 5.58. The third-order valence-electron chi connectivity index (χ3n) is 4.52. The summed E-state index contributed by atoms with van der Waals surface area (Å²) in [5.41, 5.74) is 2.56. The van der Waals surface area contributed by atoms with E-state index in [0.717, 1.165) is 24.8 Å². The molecule has 1 aromatic rings. The molecule has 0 spiro atoms. The fraction of sp³-hybridized carbons (Fsp3) is 0.667. The van der Waals surface area contributed by atoms with Gasteiger partial charge in [0.2, 0.25) is 0 Å². The predicted molar refractivity (Wildman–Crippen MR) is 88.6 cm³/mol. The minimum atomic E-state index is 0.657. The molecule has 1 aliphatic carbocycles. The van der Waals surface area contributed by atoms with Gasteiger partial charge in [-0.15, -0.1) is 0 Å². The second-order valence-corrected chi connectivity index (χ2v) is 6.63. The van der Waals surface area contributed by atoms with Gasteiger partial charge in [-0.25, -0.2) is 0 Å². The molecule has 2 atom stereocenters. The van der Waals surface area contributed by atoms with Gasteiger partial charge in [-0.2, -0.15) is 0 Å². The summed E-state index contributed by atoms with van der Waals surface area (Å²) in [6.45, 7) is 4.22. The Balaban J connectivity index is 1.98. The maximum Gasteiger partial charge on any atom is 0.123 e. The van der Waals surface area contributed by atoms with E-state index in [1.165, 1.54) is 36.8 Å². The van der Waals surface area contributed by atoms with Crippen LogP contribution in [0.25, 0.3) is 0 Å². The lowest BCUT2D eigenvalue weighted by Gasteiger charge is -2.30. The van der Waals surface area contributed by atoms with E-state index in [1.54, 1.807) is 7.11 Å². The molecule has 3 nitrogen and oxygen atoms in total. The van der Waals surface area contributed by atoms with Gasteiger partial charge in [0.05, 0.1) is 7.11 Å². The van der Waals surface area contributed by atoms with Gasteiger partial charge >= 0.3 is 0 Å². The van der Waals surface area contributed by atoms with Crippen molar-refractivity contribution < 1.29 is 4.74 Å². The van der Waals surface area contributed by atoms with Crippen LogP contribution in [0.4, 0.5) is 0 Å². The molecule has 0 amide bonds. The van der Waals surface area contributed by atoms with Crippen LogP contribution in [0, 0.1) is 5.92 Å². The van der Waals surface area contributed by atoms with Crippen molar-refractivity contribution >= 4 is 0 Å². The van der Waals surface area contributed by atoms with Crippen LogP contribution in [0.15, 0.2) is 18.2 Å². The minimum absolute atomic E-state index is 0.657. The molecule has 118 valence electrons. The Morgan fingerprint density at radius 2 is 2.00 bits per heavy atom. The first-order valence-corrected chi connectivity index (χ1v) is 8.14.